The summed E-state index contributed by atoms with van der Waals surface area (Å²) in [7, 11) is 0. The average Bonchev–Trinajstić information content (AvgIpc) is 3.43. The van der Waals surface area contributed by atoms with Crippen LogP contribution in [0.15, 0.2) is 36.7 Å². The molecule has 5 heteroatoms. The fourth-order valence-electron chi connectivity index (χ4n) is 5.16. The third-order valence-corrected chi connectivity index (χ3v) is 7.02. The van der Waals surface area contributed by atoms with Gasteiger partial charge >= 0.3 is 0 Å². The van der Waals surface area contributed by atoms with Gasteiger partial charge in [-0.15, -0.1) is 0 Å². The standard InChI is InChI=1S/C25H30N4O/c1-25(12-5-2-6-13-25)23(30)20-15-26-24-22(20)29-21(16-27-24)17-8-7-11-19(14-17)28-18-9-3-4-10-18/h7-8,11,14-16,18,28H,2-6,9-10,12-13H2,1H3,(H,26,27). The lowest BCUT2D eigenvalue weighted by Gasteiger charge is -2.31. The minimum Gasteiger partial charge on any atom is -0.382 e. The first-order valence-corrected chi connectivity index (χ1v) is 11.4. The highest BCUT2D eigenvalue weighted by Gasteiger charge is 2.36. The maximum atomic E-state index is 13.4. The molecule has 1 aromatic carbocycles. The molecule has 2 fully saturated rings. The zero-order chi connectivity index (χ0) is 20.6. The summed E-state index contributed by atoms with van der Waals surface area (Å²) in [4.78, 5) is 26.0. The molecule has 156 valence electrons. The van der Waals surface area contributed by atoms with Gasteiger partial charge in [-0.2, -0.15) is 0 Å². The summed E-state index contributed by atoms with van der Waals surface area (Å²) in [5, 5.41) is 3.65. The van der Waals surface area contributed by atoms with E-state index in [-0.39, 0.29) is 11.2 Å². The Hall–Kier alpha value is -2.69. The number of H-pyrrole nitrogens is 1. The summed E-state index contributed by atoms with van der Waals surface area (Å²) < 4.78 is 0. The van der Waals surface area contributed by atoms with Crippen molar-refractivity contribution in [2.75, 3.05) is 5.32 Å². The van der Waals surface area contributed by atoms with Gasteiger partial charge in [0, 0.05) is 28.9 Å². The van der Waals surface area contributed by atoms with Crippen molar-refractivity contribution in [2.24, 2.45) is 5.41 Å². The molecule has 2 heterocycles. The van der Waals surface area contributed by atoms with Crippen LogP contribution in [0.25, 0.3) is 22.4 Å². The van der Waals surface area contributed by atoms with Gasteiger partial charge in [-0.05, 0) is 37.8 Å². The summed E-state index contributed by atoms with van der Waals surface area (Å²) >= 11 is 0. The zero-order valence-corrected chi connectivity index (χ0v) is 17.7. The molecule has 2 saturated carbocycles. The number of benzene rings is 1. The molecule has 3 aromatic rings. The maximum Gasteiger partial charge on any atom is 0.172 e. The lowest BCUT2D eigenvalue weighted by Crippen LogP contribution is -2.30. The van der Waals surface area contributed by atoms with E-state index in [9.17, 15) is 4.79 Å². The van der Waals surface area contributed by atoms with Crippen molar-refractivity contribution in [1.82, 2.24) is 15.0 Å². The van der Waals surface area contributed by atoms with Crippen LogP contribution in [0, 0.1) is 5.41 Å². The SMILES string of the molecule is CC1(C(=O)c2c[nH]c3ncc(-c4cccc(NC5CCCC5)c4)nc23)CCCCC1. The third kappa shape index (κ3) is 3.62. The van der Waals surface area contributed by atoms with E-state index in [0.717, 1.165) is 42.6 Å². The molecule has 2 aliphatic rings. The first-order valence-electron chi connectivity index (χ1n) is 11.4. The quantitative estimate of drug-likeness (QED) is 0.503. The molecule has 0 saturated heterocycles. The highest BCUT2D eigenvalue weighted by Crippen LogP contribution is 2.39. The number of Topliss-reactive ketones (excluding diaryl/α,β-unsaturated/α-hetero) is 1. The van der Waals surface area contributed by atoms with Crippen molar-refractivity contribution >= 4 is 22.6 Å². The lowest BCUT2D eigenvalue weighted by atomic mass is 9.71. The number of hydrogen-bond donors (Lipinski definition) is 2. The predicted molar refractivity (Wildman–Crippen MR) is 121 cm³/mol. The summed E-state index contributed by atoms with van der Waals surface area (Å²) in [6.07, 6.45) is 14.1. The molecule has 0 spiro atoms. The number of carbonyl (C=O) groups is 1. The summed E-state index contributed by atoms with van der Waals surface area (Å²) in [6, 6.07) is 8.95. The molecular formula is C25H30N4O. The number of fused-ring (bicyclic) bond motifs is 1. The summed E-state index contributed by atoms with van der Waals surface area (Å²) in [5.41, 5.74) is 4.73. The number of nitrogens with one attached hydrogen (secondary N) is 2. The van der Waals surface area contributed by atoms with E-state index in [1.165, 1.54) is 32.1 Å². The van der Waals surface area contributed by atoms with Crippen molar-refractivity contribution in [2.45, 2.75) is 70.8 Å². The number of aromatic amines is 1. The first-order chi connectivity index (χ1) is 14.6. The van der Waals surface area contributed by atoms with E-state index < -0.39 is 0 Å². The van der Waals surface area contributed by atoms with Gasteiger partial charge in [-0.3, -0.25) is 4.79 Å². The molecule has 30 heavy (non-hydrogen) atoms. The number of nitrogens with zero attached hydrogens (tertiary/aromatic N) is 2. The molecule has 0 radical (unpaired) electrons. The van der Waals surface area contributed by atoms with Crippen molar-refractivity contribution in [1.29, 1.82) is 0 Å². The first kappa shape index (κ1) is 19.3. The van der Waals surface area contributed by atoms with Gasteiger partial charge in [-0.25, -0.2) is 9.97 Å². The third-order valence-electron chi connectivity index (χ3n) is 7.02. The maximum absolute atomic E-state index is 13.4. The van der Waals surface area contributed by atoms with E-state index in [4.69, 9.17) is 4.98 Å². The second-order valence-electron chi connectivity index (χ2n) is 9.31. The van der Waals surface area contributed by atoms with Gasteiger partial charge in [0.1, 0.15) is 5.52 Å². The van der Waals surface area contributed by atoms with E-state index in [1.54, 1.807) is 12.4 Å². The highest BCUT2D eigenvalue weighted by atomic mass is 16.1. The Morgan fingerprint density at radius 2 is 1.93 bits per heavy atom. The molecular weight excluding hydrogens is 372 g/mol. The van der Waals surface area contributed by atoms with Crippen LogP contribution < -0.4 is 5.32 Å². The van der Waals surface area contributed by atoms with Crippen LogP contribution in [-0.4, -0.2) is 26.8 Å². The minimum atomic E-state index is -0.282. The van der Waals surface area contributed by atoms with Crippen LogP contribution >= 0.6 is 0 Å². The van der Waals surface area contributed by atoms with Crippen molar-refractivity contribution in [3.63, 3.8) is 0 Å². The number of ketones is 1. The average molecular weight is 403 g/mol. The predicted octanol–water partition coefficient (Wildman–Crippen LogP) is 6.13. The van der Waals surface area contributed by atoms with Crippen LogP contribution in [0.3, 0.4) is 0 Å². The van der Waals surface area contributed by atoms with Crippen LogP contribution in [0.2, 0.25) is 0 Å². The minimum absolute atomic E-state index is 0.205. The summed E-state index contributed by atoms with van der Waals surface area (Å²) in [5.74, 6) is 0.205. The number of rotatable bonds is 5. The molecule has 2 aliphatic carbocycles. The zero-order valence-electron chi connectivity index (χ0n) is 17.7. The molecule has 5 nitrogen and oxygen atoms in total. The van der Waals surface area contributed by atoms with E-state index in [1.807, 2.05) is 0 Å². The van der Waals surface area contributed by atoms with Crippen molar-refractivity contribution in [3.8, 4) is 11.3 Å². The molecule has 2 N–H and O–H groups in total. The van der Waals surface area contributed by atoms with Crippen LogP contribution in [-0.2, 0) is 0 Å². The Morgan fingerprint density at radius 3 is 2.73 bits per heavy atom. The van der Waals surface area contributed by atoms with E-state index >= 15 is 0 Å². The molecule has 0 aliphatic heterocycles. The number of aromatic nitrogens is 3. The Labute approximate surface area is 177 Å². The fraction of sp³-hybridized carbons (Fsp3) is 0.480. The Morgan fingerprint density at radius 1 is 1.13 bits per heavy atom. The van der Waals surface area contributed by atoms with Gasteiger partial charge in [-0.1, -0.05) is 51.2 Å². The Kier molecular flexibility index (Phi) is 5.05. The second-order valence-corrected chi connectivity index (χ2v) is 9.31. The smallest absolute Gasteiger partial charge is 0.172 e. The van der Waals surface area contributed by atoms with E-state index in [2.05, 4.69) is 46.5 Å². The van der Waals surface area contributed by atoms with Crippen molar-refractivity contribution in [3.05, 3.63) is 42.2 Å². The topological polar surface area (TPSA) is 70.7 Å². The van der Waals surface area contributed by atoms with E-state index in [0.29, 0.717) is 22.8 Å². The lowest BCUT2D eigenvalue weighted by molar-refractivity contribution is 0.0751. The van der Waals surface area contributed by atoms with Gasteiger partial charge in [0.2, 0.25) is 0 Å². The van der Waals surface area contributed by atoms with Gasteiger partial charge in [0.05, 0.1) is 17.5 Å². The second kappa shape index (κ2) is 7.86. The molecule has 0 amide bonds. The summed E-state index contributed by atoms with van der Waals surface area (Å²) in [6.45, 7) is 2.11. The van der Waals surface area contributed by atoms with Gasteiger partial charge in [0.15, 0.2) is 11.4 Å². The number of anilines is 1. The Balaban J connectivity index is 1.46. The van der Waals surface area contributed by atoms with Gasteiger partial charge in [0.25, 0.3) is 0 Å². The van der Waals surface area contributed by atoms with Crippen LogP contribution in [0.4, 0.5) is 5.69 Å². The van der Waals surface area contributed by atoms with Crippen LogP contribution in [0.1, 0.15) is 75.1 Å². The fourth-order valence-corrected chi connectivity index (χ4v) is 5.16. The normalized spacial score (nSPS) is 19.2. The van der Waals surface area contributed by atoms with Crippen molar-refractivity contribution < 1.29 is 4.79 Å². The monoisotopic (exact) mass is 402 g/mol. The largest absolute Gasteiger partial charge is 0.382 e. The molecule has 2 aromatic heterocycles. The molecule has 5 rings (SSSR count). The number of hydrogen-bond acceptors (Lipinski definition) is 4. The number of carbonyl (C=O) groups excluding carboxylic acids is 1. The van der Waals surface area contributed by atoms with Gasteiger partial charge < -0.3 is 10.3 Å². The Bertz CT molecular complexity index is 1060. The van der Waals surface area contributed by atoms with Crippen LogP contribution in [0.5, 0.6) is 0 Å². The highest BCUT2D eigenvalue weighted by molar-refractivity contribution is 6.08. The molecule has 0 unspecified atom stereocenters. The molecule has 0 atom stereocenters. The molecule has 0 bridgehead atoms.